The van der Waals surface area contributed by atoms with Crippen molar-refractivity contribution in [3.05, 3.63) is 0 Å². The average Bonchev–Trinajstić information content (AvgIpc) is 2.66. The maximum absolute atomic E-state index is 10.8. The van der Waals surface area contributed by atoms with Crippen LogP contribution in [0.3, 0.4) is 0 Å². The molecule has 2 amide bonds. The number of carbonyl (C=O) groups excluding carboxylic acids is 1. The first-order valence-corrected chi connectivity index (χ1v) is 7.24. The Balaban J connectivity index is 0.000000160. The van der Waals surface area contributed by atoms with Crippen molar-refractivity contribution in [3.63, 3.8) is 0 Å². The molecular formula is C10H20N2O3S. The maximum Gasteiger partial charge on any atom is 0.319 e. The van der Waals surface area contributed by atoms with Crippen molar-refractivity contribution >= 4 is 15.9 Å². The number of carbonyl (C=O) groups is 1. The number of hydrogen-bond acceptors (Lipinski definition) is 3. The van der Waals surface area contributed by atoms with Crippen LogP contribution >= 0.6 is 0 Å². The third kappa shape index (κ3) is 3.10. The normalized spacial score (nSPS) is 27.9. The highest BCUT2D eigenvalue weighted by Gasteiger charge is 2.26. The summed E-state index contributed by atoms with van der Waals surface area (Å²) in [5.41, 5.74) is 0. The molecule has 2 heterocycles. The highest BCUT2D eigenvalue weighted by atomic mass is 32.2. The van der Waals surface area contributed by atoms with Gasteiger partial charge in [0.25, 0.3) is 0 Å². The number of sulfone groups is 1. The van der Waals surface area contributed by atoms with E-state index in [1.807, 2.05) is 14.1 Å². The van der Waals surface area contributed by atoms with E-state index >= 15 is 0 Å². The Hall–Kier alpha value is -0.780. The molecule has 2 fully saturated rings. The van der Waals surface area contributed by atoms with Crippen LogP contribution in [0.2, 0.25) is 0 Å². The van der Waals surface area contributed by atoms with Crippen molar-refractivity contribution in [2.75, 3.05) is 32.9 Å². The van der Waals surface area contributed by atoms with E-state index in [0.29, 0.717) is 5.75 Å². The summed E-state index contributed by atoms with van der Waals surface area (Å²) in [5.74, 6) is 0.411. The van der Waals surface area contributed by atoms with Gasteiger partial charge in [-0.25, -0.2) is 13.2 Å². The van der Waals surface area contributed by atoms with Crippen LogP contribution in [0.25, 0.3) is 0 Å². The van der Waals surface area contributed by atoms with Gasteiger partial charge in [0.1, 0.15) is 0 Å². The van der Waals surface area contributed by atoms with Crippen molar-refractivity contribution in [2.45, 2.75) is 25.0 Å². The van der Waals surface area contributed by atoms with Crippen LogP contribution in [0.1, 0.15) is 19.8 Å². The van der Waals surface area contributed by atoms with Crippen LogP contribution in [0.5, 0.6) is 0 Å². The second-order valence-electron chi connectivity index (χ2n) is 4.45. The Labute approximate surface area is 97.3 Å². The van der Waals surface area contributed by atoms with Crippen molar-refractivity contribution in [3.8, 4) is 0 Å². The molecule has 2 rings (SSSR count). The van der Waals surface area contributed by atoms with Crippen LogP contribution in [-0.2, 0) is 9.84 Å². The molecule has 0 N–H and O–H groups in total. The third-order valence-corrected chi connectivity index (χ3v) is 5.40. The fourth-order valence-corrected chi connectivity index (χ4v) is 3.23. The van der Waals surface area contributed by atoms with E-state index in [-0.39, 0.29) is 11.3 Å². The molecule has 94 valence electrons. The Kier molecular flexibility index (Phi) is 4.18. The number of amides is 2. The molecule has 0 radical (unpaired) electrons. The molecule has 0 spiro atoms. The molecule has 0 aromatic heterocycles. The second-order valence-corrected chi connectivity index (χ2v) is 6.98. The van der Waals surface area contributed by atoms with Gasteiger partial charge in [0.15, 0.2) is 9.84 Å². The number of urea groups is 1. The molecule has 0 bridgehead atoms. The zero-order valence-electron chi connectivity index (χ0n) is 10.1. The molecule has 1 atom stereocenters. The molecule has 0 aromatic carbocycles. The van der Waals surface area contributed by atoms with Crippen LogP contribution < -0.4 is 0 Å². The van der Waals surface area contributed by atoms with E-state index in [0.717, 1.165) is 25.9 Å². The molecule has 0 saturated carbocycles. The number of likely N-dealkylation sites (N-methyl/N-ethyl adjacent to an activating group) is 2. The Morgan fingerprint density at radius 2 is 1.69 bits per heavy atom. The first kappa shape index (κ1) is 13.3. The monoisotopic (exact) mass is 248 g/mol. The summed E-state index contributed by atoms with van der Waals surface area (Å²) in [7, 11) is 0.998. The van der Waals surface area contributed by atoms with Crippen molar-refractivity contribution in [2.24, 2.45) is 0 Å². The molecule has 16 heavy (non-hydrogen) atoms. The Morgan fingerprint density at radius 1 is 1.19 bits per heavy atom. The van der Waals surface area contributed by atoms with Gasteiger partial charge in [-0.3, -0.25) is 0 Å². The minimum atomic E-state index is -2.62. The summed E-state index contributed by atoms with van der Waals surface area (Å²) in [5, 5.41) is -0.0671. The summed E-state index contributed by atoms with van der Waals surface area (Å²) < 4.78 is 21.5. The fraction of sp³-hybridized carbons (Fsp3) is 0.900. The van der Waals surface area contributed by atoms with Gasteiger partial charge in [0.2, 0.25) is 0 Å². The maximum atomic E-state index is 10.8. The van der Waals surface area contributed by atoms with E-state index < -0.39 is 9.84 Å². The van der Waals surface area contributed by atoms with E-state index in [2.05, 4.69) is 0 Å². The van der Waals surface area contributed by atoms with Crippen LogP contribution in [0.4, 0.5) is 4.79 Å². The number of hydrogen-bond donors (Lipinski definition) is 0. The van der Waals surface area contributed by atoms with Gasteiger partial charge < -0.3 is 9.80 Å². The predicted molar refractivity (Wildman–Crippen MR) is 63.1 cm³/mol. The van der Waals surface area contributed by atoms with Gasteiger partial charge in [-0.1, -0.05) is 0 Å². The summed E-state index contributed by atoms with van der Waals surface area (Å²) in [6.45, 7) is 3.52. The molecule has 2 saturated heterocycles. The van der Waals surface area contributed by atoms with Crippen LogP contribution in [0.15, 0.2) is 0 Å². The zero-order chi connectivity index (χ0) is 12.3. The molecule has 0 aromatic rings. The highest BCUT2D eigenvalue weighted by molar-refractivity contribution is 7.92. The van der Waals surface area contributed by atoms with Gasteiger partial charge in [0.05, 0.1) is 11.0 Å². The summed E-state index contributed by atoms with van der Waals surface area (Å²) in [6.07, 6.45) is 1.73. The second kappa shape index (κ2) is 5.03. The molecular weight excluding hydrogens is 228 g/mol. The Morgan fingerprint density at radius 3 is 1.81 bits per heavy atom. The number of nitrogens with zero attached hydrogens (tertiary/aromatic N) is 2. The topological polar surface area (TPSA) is 57.7 Å². The zero-order valence-corrected chi connectivity index (χ0v) is 11.0. The SMILES string of the molecule is CC1CCCS1(=O)=O.CN1CCN(C)C1=O. The van der Waals surface area contributed by atoms with E-state index in [1.165, 1.54) is 0 Å². The number of rotatable bonds is 0. The van der Waals surface area contributed by atoms with E-state index in [4.69, 9.17) is 0 Å². The lowest BCUT2D eigenvalue weighted by atomic mass is 10.3. The predicted octanol–water partition coefficient (Wildman–Crippen LogP) is 0.567. The molecule has 6 heteroatoms. The molecule has 0 aliphatic carbocycles. The first-order valence-electron chi connectivity index (χ1n) is 5.52. The Bertz CT molecular complexity index is 341. The van der Waals surface area contributed by atoms with Gasteiger partial charge in [-0.2, -0.15) is 0 Å². The lowest BCUT2D eigenvalue weighted by Gasteiger charge is -2.07. The molecule has 2 aliphatic rings. The largest absolute Gasteiger partial charge is 0.326 e. The van der Waals surface area contributed by atoms with E-state index in [9.17, 15) is 13.2 Å². The molecule has 1 unspecified atom stereocenters. The first-order chi connectivity index (χ1) is 7.34. The molecule has 2 aliphatic heterocycles. The van der Waals surface area contributed by atoms with E-state index in [1.54, 1.807) is 16.7 Å². The quantitative estimate of drug-likeness (QED) is 0.629. The average molecular weight is 248 g/mol. The molecule has 5 nitrogen and oxygen atoms in total. The van der Waals surface area contributed by atoms with Gasteiger partial charge in [-0.15, -0.1) is 0 Å². The minimum absolute atomic E-state index is 0.0671. The summed E-state index contributed by atoms with van der Waals surface area (Å²) in [6, 6.07) is 0.130. The smallest absolute Gasteiger partial charge is 0.319 e. The minimum Gasteiger partial charge on any atom is -0.326 e. The van der Waals surface area contributed by atoms with Crippen molar-refractivity contribution in [1.29, 1.82) is 0 Å². The van der Waals surface area contributed by atoms with Crippen LogP contribution in [0, 0.1) is 0 Å². The van der Waals surface area contributed by atoms with Crippen molar-refractivity contribution in [1.82, 2.24) is 9.80 Å². The fourth-order valence-electron chi connectivity index (χ4n) is 1.74. The van der Waals surface area contributed by atoms with Gasteiger partial charge in [-0.05, 0) is 19.8 Å². The van der Waals surface area contributed by atoms with Gasteiger partial charge >= 0.3 is 6.03 Å². The highest BCUT2D eigenvalue weighted by Crippen LogP contribution is 2.18. The standard InChI is InChI=1S/C5H10N2O.C5H10O2S/c1-6-3-4-7(2)5(6)8;1-5-3-2-4-8(5,6)7/h3-4H2,1-2H3;5H,2-4H2,1H3. The third-order valence-electron chi connectivity index (χ3n) is 3.08. The summed E-state index contributed by atoms with van der Waals surface area (Å²) in [4.78, 5) is 14.2. The van der Waals surface area contributed by atoms with Gasteiger partial charge in [0, 0.05) is 27.2 Å². The summed E-state index contributed by atoms with van der Waals surface area (Å²) >= 11 is 0. The lowest BCUT2D eigenvalue weighted by Crippen LogP contribution is -2.25. The van der Waals surface area contributed by atoms with Crippen molar-refractivity contribution < 1.29 is 13.2 Å². The van der Waals surface area contributed by atoms with Crippen LogP contribution in [-0.4, -0.2) is 62.4 Å². The lowest BCUT2D eigenvalue weighted by molar-refractivity contribution is 0.205.